The van der Waals surface area contributed by atoms with Gasteiger partial charge in [-0.3, -0.25) is 0 Å². The summed E-state index contributed by atoms with van der Waals surface area (Å²) in [5, 5.41) is 9.63. The fourth-order valence-corrected chi connectivity index (χ4v) is 1.24. The Balaban J connectivity index is 3.34. The first-order valence-corrected chi connectivity index (χ1v) is 6.88. The summed E-state index contributed by atoms with van der Waals surface area (Å²) in [6.45, 7) is 9.01. The molecule has 0 saturated heterocycles. The zero-order valence-electron chi connectivity index (χ0n) is 12.4. The highest BCUT2D eigenvalue weighted by atomic mass is 16.6. The van der Waals surface area contributed by atoms with E-state index in [0.717, 1.165) is 32.5 Å². The van der Waals surface area contributed by atoms with E-state index < -0.39 is 6.29 Å². The SMILES string of the molecule is CCC(C)(C)COC(O)CCOCCCCOC. The largest absolute Gasteiger partial charge is 0.385 e. The van der Waals surface area contributed by atoms with E-state index in [9.17, 15) is 5.11 Å². The highest BCUT2D eigenvalue weighted by molar-refractivity contribution is 4.64. The standard InChI is InChI=1S/C14H30O4/c1-5-14(2,3)12-18-13(15)8-11-17-10-7-6-9-16-4/h13,15H,5-12H2,1-4H3. The van der Waals surface area contributed by atoms with Gasteiger partial charge in [-0.05, 0) is 24.7 Å². The predicted molar refractivity (Wildman–Crippen MR) is 72.6 cm³/mol. The Hall–Kier alpha value is -0.160. The van der Waals surface area contributed by atoms with E-state index in [1.54, 1.807) is 7.11 Å². The quantitative estimate of drug-likeness (QED) is 0.434. The van der Waals surface area contributed by atoms with Gasteiger partial charge < -0.3 is 19.3 Å². The molecule has 0 aliphatic rings. The average molecular weight is 262 g/mol. The highest BCUT2D eigenvalue weighted by Crippen LogP contribution is 2.20. The Kier molecular flexibility index (Phi) is 10.6. The molecule has 18 heavy (non-hydrogen) atoms. The Morgan fingerprint density at radius 3 is 2.39 bits per heavy atom. The predicted octanol–water partition coefficient (Wildman–Crippen LogP) is 2.59. The van der Waals surface area contributed by atoms with Crippen LogP contribution in [-0.2, 0) is 14.2 Å². The second kappa shape index (κ2) is 10.7. The van der Waals surface area contributed by atoms with Gasteiger partial charge in [0.1, 0.15) is 0 Å². The van der Waals surface area contributed by atoms with E-state index in [4.69, 9.17) is 14.2 Å². The van der Waals surface area contributed by atoms with Crippen LogP contribution in [0.4, 0.5) is 0 Å². The Morgan fingerprint density at radius 2 is 1.78 bits per heavy atom. The average Bonchev–Trinajstić information content (AvgIpc) is 2.35. The number of aliphatic hydroxyl groups excluding tert-OH is 1. The van der Waals surface area contributed by atoms with E-state index >= 15 is 0 Å². The lowest BCUT2D eigenvalue weighted by molar-refractivity contribution is -0.132. The van der Waals surface area contributed by atoms with Gasteiger partial charge in [0.2, 0.25) is 0 Å². The normalized spacial score (nSPS) is 13.8. The lowest BCUT2D eigenvalue weighted by Gasteiger charge is -2.24. The molecule has 0 radical (unpaired) electrons. The molecule has 110 valence electrons. The molecule has 0 aliphatic heterocycles. The lowest BCUT2D eigenvalue weighted by atomic mass is 9.92. The van der Waals surface area contributed by atoms with Crippen molar-refractivity contribution in [3.63, 3.8) is 0 Å². The van der Waals surface area contributed by atoms with Crippen molar-refractivity contribution in [3.8, 4) is 0 Å². The molecule has 0 saturated carbocycles. The molecule has 1 atom stereocenters. The summed E-state index contributed by atoms with van der Waals surface area (Å²) < 4.78 is 15.8. The molecule has 0 spiro atoms. The number of methoxy groups -OCH3 is 1. The first-order chi connectivity index (χ1) is 8.52. The van der Waals surface area contributed by atoms with Crippen LogP contribution in [0.3, 0.4) is 0 Å². The van der Waals surface area contributed by atoms with E-state index in [1.807, 2.05) is 0 Å². The fourth-order valence-electron chi connectivity index (χ4n) is 1.24. The molecule has 0 bridgehead atoms. The molecule has 0 aromatic rings. The van der Waals surface area contributed by atoms with E-state index in [0.29, 0.717) is 19.6 Å². The Labute approximate surface area is 112 Å². The second-order valence-corrected chi connectivity index (χ2v) is 5.38. The minimum atomic E-state index is -0.713. The van der Waals surface area contributed by atoms with E-state index in [2.05, 4.69) is 20.8 Å². The molecule has 0 heterocycles. The zero-order valence-corrected chi connectivity index (χ0v) is 12.4. The van der Waals surface area contributed by atoms with Crippen LogP contribution in [0.1, 0.15) is 46.5 Å². The second-order valence-electron chi connectivity index (χ2n) is 5.38. The number of unbranched alkanes of at least 4 members (excludes halogenated alkanes) is 1. The molecule has 4 nitrogen and oxygen atoms in total. The van der Waals surface area contributed by atoms with Crippen molar-refractivity contribution >= 4 is 0 Å². The van der Waals surface area contributed by atoms with Crippen LogP contribution in [0.5, 0.6) is 0 Å². The van der Waals surface area contributed by atoms with Gasteiger partial charge in [-0.1, -0.05) is 20.8 Å². The van der Waals surface area contributed by atoms with Gasteiger partial charge in [-0.25, -0.2) is 0 Å². The molecule has 0 aliphatic carbocycles. The van der Waals surface area contributed by atoms with Gasteiger partial charge >= 0.3 is 0 Å². The Bertz CT molecular complexity index is 183. The van der Waals surface area contributed by atoms with Gasteiger partial charge in [0.05, 0.1) is 13.2 Å². The first-order valence-electron chi connectivity index (χ1n) is 6.88. The third-order valence-electron chi connectivity index (χ3n) is 3.02. The topological polar surface area (TPSA) is 47.9 Å². The van der Waals surface area contributed by atoms with Crippen molar-refractivity contribution < 1.29 is 19.3 Å². The van der Waals surface area contributed by atoms with Gasteiger partial charge in [-0.15, -0.1) is 0 Å². The van der Waals surface area contributed by atoms with Crippen LogP contribution >= 0.6 is 0 Å². The van der Waals surface area contributed by atoms with Crippen LogP contribution in [0.25, 0.3) is 0 Å². The third kappa shape index (κ3) is 11.0. The molecule has 0 amide bonds. The molecule has 0 rings (SSSR count). The summed E-state index contributed by atoms with van der Waals surface area (Å²) in [6.07, 6.45) is 2.86. The maximum absolute atomic E-state index is 9.63. The van der Waals surface area contributed by atoms with E-state index in [1.165, 1.54) is 0 Å². The molecule has 1 unspecified atom stereocenters. The smallest absolute Gasteiger partial charge is 0.156 e. The minimum Gasteiger partial charge on any atom is -0.385 e. The summed E-state index contributed by atoms with van der Waals surface area (Å²) in [7, 11) is 1.70. The number of aliphatic hydroxyl groups is 1. The molecule has 0 fully saturated rings. The van der Waals surface area contributed by atoms with Crippen molar-refractivity contribution in [3.05, 3.63) is 0 Å². The van der Waals surface area contributed by atoms with Crippen molar-refractivity contribution in [2.75, 3.05) is 33.5 Å². The van der Waals surface area contributed by atoms with Crippen LogP contribution in [0.2, 0.25) is 0 Å². The van der Waals surface area contributed by atoms with Gasteiger partial charge in [0, 0.05) is 26.7 Å². The zero-order chi connectivity index (χ0) is 13.9. The maximum Gasteiger partial charge on any atom is 0.156 e. The number of rotatable bonds is 12. The summed E-state index contributed by atoms with van der Waals surface area (Å²) in [6, 6.07) is 0. The lowest BCUT2D eigenvalue weighted by Crippen LogP contribution is -2.24. The molecule has 0 aromatic carbocycles. The minimum absolute atomic E-state index is 0.127. The van der Waals surface area contributed by atoms with Crippen LogP contribution in [-0.4, -0.2) is 44.9 Å². The first kappa shape index (κ1) is 17.8. The summed E-state index contributed by atoms with van der Waals surface area (Å²) >= 11 is 0. The van der Waals surface area contributed by atoms with Crippen LogP contribution in [0, 0.1) is 5.41 Å². The van der Waals surface area contributed by atoms with E-state index in [-0.39, 0.29) is 5.41 Å². The maximum atomic E-state index is 9.63. The number of hydrogen-bond acceptors (Lipinski definition) is 4. The van der Waals surface area contributed by atoms with Crippen molar-refractivity contribution in [2.24, 2.45) is 5.41 Å². The number of ether oxygens (including phenoxy) is 3. The van der Waals surface area contributed by atoms with Gasteiger partial charge in [0.25, 0.3) is 0 Å². The van der Waals surface area contributed by atoms with Gasteiger partial charge in [-0.2, -0.15) is 0 Å². The monoisotopic (exact) mass is 262 g/mol. The molecule has 0 aromatic heterocycles. The molecular weight excluding hydrogens is 232 g/mol. The van der Waals surface area contributed by atoms with Gasteiger partial charge in [0.15, 0.2) is 6.29 Å². The highest BCUT2D eigenvalue weighted by Gasteiger charge is 2.17. The van der Waals surface area contributed by atoms with Crippen molar-refractivity contribution in [2.45, 2.75) is 52.7 Å². The van der Waals surface area contributed by atoms with Crippen molar-refractivity contribution in [1.82, 2.24) is 0 Å². The fraction of sp³-hybridized carbons (Fsp3) is 1.00. The van der Waals surface area contributed by atoms with Crippen LogP contribution < -0.4 is 0 Å². The summed E-state index contributed by atoms with van der Waals surface area (Å²) in [5.41, 5.74) is 0.127. The number of hydrogen-bond donors (Lipinski definition) is 1. The molecule has 1 N–H and O–H groups in total. The third-order valence-corrected chi connectivity index (χ3v) is 3.02. The van der Waals surface area contributed by atoms with Crippen molar-refractivity contribution in [1.29, 1.82) is 0 Å². The molecule has 4 heteroatoms. The summed E-state index contributed by atoms with van der Waals surface area (Å²) in [5.74, 6) is 0. The Morgan fingerprint density at radius 1 is 1.11 bits per heavy atom. The molecular formula is C14H30O4. The summed E-state index contributed by atoms with van der Waals surface area (Å²) in [4.78, 5) is 0. The van der Waals surface area contributed by atoms with Crippen LogP contribution in [0.15, 0.2) is 0 Å².